The largest absolute Gasteiger partial charge is 0.479 e. The van der Waals surface area contributed by atoms with Gasteiger partial charge >= 0.3 is 11.9 Å². The number of benzene rings is 1. The lowest BCUT2D eigenvalue weighted by atomic mass is 10.2. The van der Waals surface area contributed by atoms with Gasteiger partial charge in [-0.3, -0.25) is 0 Å². The first-order valence-electron chi connectivity index (χ1n) is 6.95. The maximum Gasteiger partial charge on any atom is 0.335 e. The lowest BCUT2D eigenvalue weighted by Gasteiger charge is -2.18. The third-order valence-electron chi connectivity index (χ3n) is 2.70. The van der Waals surface area contributed by atoms with E-state index in [2.05, 4.69) is 36.2 Å². The number of carboxylic acids is 2. The quantitative estimate of drug-likeness (QED) is 0.444. The van der Waals surface area contributed by atoms with Crippen LogP contribution in [0.5, 0.6) is 0 Å². The van der Waals surface area contributed by atoms with Crippen LogP contribution in [0.1, 0.15) is 12.5 Å². The fraction of sp³-hybridized carbons (Fsp3) is 0.467. The molecule has 8 nitrogen and oxygen atoms in total. The van der Waals surface area contributed by atoms with Crippen molar-refractivity contribution in [2.75, 3.05) is 13.6 Å². The first-order chi connectivity index (χ1) is 10.6. The van der Waals surface area contributed by atoms with E-state index in [1.807, 2.05) is 13.0 Å². The molecule has 0 aromatic heterocycles. The van der Waals surface area contributed by atoms with Crippen molar-refractivity contribution >= 4 is 11.9 Å². The molecule has 8 heteroatoms. The van der Waals surface area contributed by atoms with E-state index < -0.39 is 24.1 Å². The van der Waals surface area contributed by atoms with Gasteiger partial charge in [0.05, 0.1) is 0 Å². The molecular weight excluding hydrogens is 304 g/mol. The standard InChI is InChI=1S/C11H18N2.C4H6O6/c1-10(12)8-13(2)9-11-6-4-3-5-7-11;5-1(3(7)8)2(6)4(9)10/h3-7,10H,8-9,12H2,1-2H3;1-2,5-6H,(H,7,8)(H,9,10). The summed E-state index contributed by atoms with van der Waals surface area (Å²) in [5, 5.41) is 32.5. The summed E-state index contributed by atoms with van der Waals surface area (Å²) in [5.74, 6) is -3.54. The molecule has 0 spiro atoms. The Balaban J connectivity index is 0.000000438. The molecule has 0 bridgehead atoms. The molecule has 0 saturated carbocycles. The summed E-state index contributed by atoms with van der Waals surface area (Å²) in [4.78, 5) is 21.8. The Kier molecular flexibility index (Phi) is 9.75. The van der Waals surface area contributed by atoms with E-state index in [0.29, 0.717) is 0 Å². The number of hydrogen-bond acceptors (Lipinski definition) is 6. The topological polar surface area (TPSA) is 144 Å². The summed E-state index contributed by atoms with van der Waals surface area (Å²) in [5.41, 5.74) is 7.04. The molecule has 1 aromatic rings. The molecule has 0 saturated heterocycles. The molecule has 23 heavy (non-hydrogen) atoms. The van der Waals surface area contributed by atoms with E-state index in [0.717, 1.165) is 13.1 Å². The van der Waals surface area contributed by atoms with Gasteiger partial charge in [0, 0.05) is 19.1 Å². The highest BCUT2D eigenvalue weighted by atomic mass is 16.4. The maximum atomic E-state index is 9.77. The highest BCUT2D eigenvalue weighted by Crippen LogP contribution is 2.02. The zero-order valence-electron chi connectivity index (χ0n) is 13.2. The Labute approximate surface area is 134 Å². The molecule has 0 fully saturated rings. The van der Waals surface area contributed by atoms with Crippen molar-refractivity contribution in [1.82, 2.24) is 4.90 Å². The normalized spacial score (nSPS) is 14.3. The molecule has 0 amide bonds. The van der Waals surface area contributed by atoms with Crippen molar-refractivity contribution in [2.45, 2.75) is 31.7 Å². The van der Waals surface area contributed by atoms with Crippen LogP contribution in [0.4, 0.5) is 0 Å². The molecule has 3 unspecified atom stereocenters. The number of nitrogens with two attached hydrogens (primary N) is 1. The third kappa shape index (κ3) is 9.59. The average Bonchev–Trinajstić information content (AvgIpc) is 2.46. The predicted molar refractivity (Wildman–Crippen MR) is 83.7 cm³/mol. The molecule has 130 valence electrons. The van der Waals surface area contributed by atoms with Crippen LogP contribution in [-0.2, 0) is 16.1 Å². The number of likely N-dealkylation sites (N-methyl/N-ethyl adjacent to an activating group) is 1. The van der Waals surface area contributed by atoms with Gasteiger partial charge in [-0.05, 0) is 19.5 Å². The van der Waals surface area contributed by atoms with Crippen LogP contribution in [0.2, 0.25) is 0 Å². The van der Waals surface area contributed by atoms with E-state index in [1.165, 1.54) is 5.56 Å². The summed E-state index contributed by atoms with van der Waals surface area (Å²) in [6, 6.07) is 10.7. The Morgan fingerprint density at radius 3 is 1.87 bits per heavy atom. The Hall–Kier alpha value is -2.00. The first-order valence-corrected chi connectivity index (χ1v) is 6.95. The second-order valence-electron chi connectivity index (χ2n) is 5.23. The van der Waals surface area contributed by atoms with E-state index >= 15 is 0 Å². The number of carboxylic acid groups (broad SMARTS) is 2. The highest BCUT2D eigenvalue weighted by Gasteiger charge is 2.29. The van der Waals surface area contributed by atoms with Crippen LogP contribution >= 0.6 is 0 Å². The number of aliphatic hydroxyl groups excluding tert-OH is 2. The van der Waals surface area contributed by atoms with Crippen molar-refractivity contribution < 1.29 is 30.0 Å². The SMILES string of the molecule is CC(N)CN(C)Cc1ccccc1.O=C(O)C(O)C(O)C(=O)O. The Morgan fingerprint density at radius 2 is 1.52 bits per heavy atom. The molecule has 0 aliphatic heterocycles. The molecule has 1 aromatic carbocycles. The van der Waals surface area contributed by atoms with Gasteiger partial charge in [0.2, 0.25) is 0 Å². The summed E-state index contributed by atoms with van der Waals surface area (Å²) < 4.78 is 0. The Morgan fingerprint density at radius 1 is 1.09 bits per heavy atom. The molecule has 0 aliphatic rings. The third-order valence-corrected chi connectivity index (χ3v) is 2.70. The lowest BCUT2D eigenvalue weighted by molar-refractivity contribution is -0.165. The van der Waals surface area contributed by atoms with Crippen LogP contribution in [-0.4, -0.2) is 69.1 Å². The van der Waals surface area contributed by atoms with Gasteiger partial charge in [-0.1, -0.05) is 30.3 Å². The van der Waals surface area contributed by atoms with Crippen molar-refractivity contribution in [3.05, 3.63) is 35.9 Å². The minimum atomic E-state index is -2.27. The van der Waals surface area contributed by atoms with Gasteiger partial charge in [-0.25, -0.2) is 9.59 Å². The fourth-order valence-corrected chi connectivity index (χ4v) is 1.72. The Bertz CT molecular complexity index is 462. The lowest BCUT2D eigenvalue weighted by Crippen LogP contribution is -2.39. The van der Waals surface area contributed by atoms with Crippen LogP contribution in [0.15, 0.2) is 30.3 Å². The predicted octanol–water partition coefficient (Wildman–Crippen LogP) is -0.657. The molecule has 3 atom stereocenters. The minimum absolute atomic E-state index is 0.244. The molecule has 6 N–H and O–H groups in total. The van der Waals surface area contributed by atoms with Gasteiger partial charge in [0.1, 0.15) is 0 Å². The van der Waals surface area contributed by atoms with E-state index in [-0.39, 0.29) is 6.04 Å². The highest BCUT2D eigenvalue weighted by molar-refractivity contribution is 5.83. The van der Waals surface area contributed by atoms with Crippen molar-refractivity contribution in [3.8, 4) is 0 Å². The fourth-order valence-electron chi connectivity index (χ4n) is 1.72. The van der Waals surface area contributed by atoms with Crippen molar-refractivity contribution in [3.63, 3.8) is 0 Å². The van der Waals surface area contributed by atoms with E-state index in [9.17, 15) is 9.59 Å². The number of carbonyl (C=O) groups is 2. The second-order valence-corrected chi connectivity index (χ2v) is 5.23. The molecule has 1 rings (SSSR count). The molecule has 0 aliphatic carbocycles. The summed E-state index contributed by atoms with van der Waals surface area (Å²) >= 11 is 0. The first kappa shape index (κ1) is 21.0. The summed E-state index contributed by atoms with van der Waals surface area (Å²) in [7, 11) is 2.09. The number of rotatable bonds is 7. The monoisotopic (exact) mass is 328 g/mol. The summed E-state index contributed by atoms with van der Waals surface area (Å²) in [6.45, 7) is 3.94. The van der Waals surface area contributed by atoms with E-state index in [1.54, 1.807) is 0 Å². The van der Waals surface area contributed by atoms with Crippen LogP contribution in [0.25, 0.3) is 0 Å². The smallest absolute Gasteiger partial charge is 0.335 e. The summed E-state index contributed by atoms with van der Waals surface area (Å²) in [6.07, 6.45) is -4.53. The van der Waals surface area contributed by atoms with Crippen LogP contribution in [0, 0.1) is 0 Å². The van der Waals surface area contributed by atoms with E-state index in [4.69, 9.17) is 26.2 Å². The van der Waals surface area contributed by atoms with Gasteiger partial charge < -0.3 is 31.1 Å². The maximum absolute atomic E-state index is 9.77. The molecule has 0 heterocycles. The number of aliphatic carboxylic acids is 2. The van der Waals surface area contributed by atoms with Gasteiger partial charge in [-0.15, -0.1) is 0 Å². The average molecular weight is 328 g/mol. The van der Waals surface area contributed by atoms with Crippen LogP contribution in [0.3, 0.4) is 0 Å². The van der Waals surface area contributed by atoms with Crippen molar-refractivity contribution in [2.24, 2.45) is 5.73 Å². The molecular formula is C15H24N2O6. The zero-order valence-corrected chi connectivity index (χ0v) is 13.2. The zero-order chi connectivity index (χ0) is 18.0. The van der Waals surface area contributed by atoms with Crippen LogP contribution < -0.4 is 5.73 Å². The number of nitrogens with zero attached hydrogens (tertiary/aromatic N) is 1. The van der Waals surface area contributed by atoms with Gasteiger partial charge in [0.25, 0.3) is 0 Å². The van der Waals surface area contributed by atoms with Gasteiger partial charge in [-0.2, -0.15) is 0 Å². The van der Waals surface area contributed by atoms with Crippen molar-refractivity contribution in [1.29, 1.82) is 0 Å². The van der Waals surface area contributed by atoms with Gasteiger partial charge in [0.15, 0.2) is 12.2 Å². The second kappa shape index (κ2) is 10.7. The number of hydrogen-bond donors (Lipinski definition) is 5. The number of aliphatic hydroxyl groups is 2. The minimum Gasteiger partial charge on any atom is -0.479 e. The molecule has 0 radical (unpaired) electrons.